The van der Waals surface area contributed by atoms with E-state index >= 15 is 0 Å². The molecule has 1 aromatic rings. The van der Waals surface area contributed by atoms with Crippen LogP contribution >= 0.6 is 22.6 Å². The van der Waals surface area contributed by atoms with E-state index in [1.54, 1.807) is 24.1 Å². The third-order valence-corrected chi connectivity index (χ3v) is 4.08. The van der Waals surface area contributed by atoms with Crippen LogP contribution in [0.25, 0.3) is 0 Å². The molecular weight excluding hydrogens is 359 g/mol. The summed E-state index contributed by atoms with van der Waals surface area (Å²) in [5.41, 5.74) is 0.428. The number of carbonyl (C=O) groups excluding carboxylic acids is 2. The Morgan fingerprint density at radius 3 is 2.89 bits per heavy atom. The van der Waals surface area contributed by atoms with Crippen LogP contribution in [-0.4, -0.2) is 41.5 Å². The normalized spacial score (nSPS) is 19.4. The van der Waals surface area contributed by atoms with Crippen LogP contribution in [0.5, 0.6) is 5.75 Å². The Bertz CT molecular complexity index is 519. The molecule has 2 amide bonds. The van der Waals surface area contributed by atoms with E-state index in [1.807, 2.05) is 22.6 Å². The van der Waals surface area contributed by atoms with Crippen molar-refractivity contribution in [3.8, 4) is 5.75 Å². The Balaban J connectivity index is 2.01. The lowest BCUT2D eigenvalue weighted by atomic mass is 10.0. The second kappa shape index (κ2) is 5.77. The average molecular weight is 374 g/mol. The highest BCUT2D eigenvalue weighted by Gasteiger charge is 2.24. The number of benzene rings is 1. The van der Waals surface area contributed by atoms with E-state index in [1.165, 1.54) is 6.07 Å². The number of amides is 2. The first-order chi connectivity index (χ1) is 8.97. The van der Waals surface area contributed by atoms with Gasteiger partial charge in [0.05, 0.1) is 3.57 Å². The lowest BCUT2D eigenvalue weighted by Gasteiger charge is -2.30. The monoisotopic (exact) mass is 374 g/mol. The molecule has 19 heavy (non-hydrogen) atoms. The van der Waals surface area contributed by atoms with Gasteiger partial charge in [-0.25, -0.2) is 0 Å². The lowest BCUT2D eigenvalue weighted by molar-refractivity contribution is -0.132. The highest BCUT2D eigenvalue weighted by atomic mass is 127. The van der Waals surface area contributed by atoms with Crippen molar-refractivity contribution in [1.29, 1.82) is 0 Å². The fourth-order valence-corrected chi connectivity index (χ4v) is 2.39. The standard InChI is InChI=1S/C13H15IN2O3/c1-16-7-9(3-5-12(16)18)15-13(19)8-2-4-10(14)11(17)6-8/h2,4,6,9,17H,3,5,7H2,1H3,(H,15,19). The van der Waals surface area contributed by atoms with Crippen LogP contribution in [0.3, 0.4) is 0 Å². The van der Waals surface area contributed by atoms with Crippen LogP contribution in [-0.2, 0) is 4.79 Å². The molecule has 0 bridgehead atoms. The molecule has 2 rings (SSSR count). The molecule has 6 heteroatoms. The van der Waals surface area contributed by atoms with E-state index in [0.29, 0.717) is 28.5 Å². The van der Waals surface area contributed by atoms with Crippen molar-refractivity contribution in [2.24, 2.45) is 0 Å². The van der Waals surface area contributed by atoms with Crippen LogP contribution in [0.2, 0.25) is 0 Å². The van der Waals surface area contributed by atoms with E-state index < -0.39 is 0 Å². The van der Waals surface area contributed by atoms with Gasteiger partial charge in [0.15, 0.2) is 0 Å². The summed E-state index contributed by atoms with van der Waals surface area (Å²) in [4.78, 5) is 25.0. The molecule has 0 radical (unpaired) electrons. The predicted octanol–water partition coefficient (Wildman–Crippen LogP) is 1.35. The average Bonchev–Trinajstić information content (AvgIpc) is 2.37. The van der Waals surface area contributed by atoms with E-state index in [0.717, 1.165) is 0 Å². The van der Waals surface area contributed by atoms with Gasteiger partial charge in [0.1, 0.15) is 5.75 Å². The van der Waals surface area contributed by atoms with Crippen LogP contribution in [0.4, 0.5) is 0 Å². The van der Waals surface area contributed by atoms with Crippen molar-refractivity contribution in [3.05, 3.63) is 27.3 Å². The van der Waals surface area contributed by atoms with Crippen LogP contribution < -0.4 is 5.32 Å². The van der Waals surface area contributed by atoms with Crippen LogP contribution in [0, 0.1) is 3.57 Å². The Kier molecular flexibility index (Phi) is 4.28. The second-order valence-corrected chi connectivity index (χ2v) is 5.81. The number of nitrogens with zero attached hydrogens (tertiary/aromatic N) is 1. The number of likely N-dealkylation sites (N-methyl/N-ethyl adjacent to an activating group) is 1. The third-order valence-electron chi connectivity index (χ3n) is 3.17. The van der Waals surface area contributed by atoms with Crippen molar-refractivity contribution >= 4 is 34.4 Å². The van der Waals surface area contributed by atoms with Crippen molar-refractivity contribution in [2.75, 3.05) is 13.6 Å². The lowest BCUT2D eigenvalue weighted by Crippen LogP contribution is -2.48. The molecule has 1 unspecified atom stereocenters. The maximum absolute atomic E-state index is 12.0. The minimum atomic E-state index is -0.223. The zero-order valence-corrected chi connectivity index (χ0v) is 12.7. The molecule has 102 valence electrons. The molecule has 1 aromatic carbocycles. The summed E-state index contributed by atoms with van der Waals surface area (Å²) in [6.07, 6.45) is 1.12. The number of piperidine rings is 1. The van der Waals surface area contributed by atoms with E-state index in [9.17, 15) is 14.7 Å². The van der Waals surface area contributed by atoms with Gasteiger partial charge in [-0.15, -0.1) is 0 Å². The number of hydrogen-bond acceptors (Lipinski definition) is 3. The van der Waals surface area contributed by atoms with Crippen LogP contribution in [0.15, 0.2) is 18.2 Å². The van der Waals surface area contributed by atoms with Crippen molar-refractivity contribution in [1.82, 2.24) is 10.2 Å². The van der Waals surface area contributed by atoms with Gasteiger partial charge in [0.2, 0.25) is 5.91 Å². The topological polar surface area (TPSA) is 69.6 Å². The number of aromatic hydroxyl groups is 1. The Hall–Kier alpha value is -1.31. The summed E-state index contributed by atoms with van der Waals surface area (Å²) >= 11 is 2.00. The molecule has 1 atom stereocenters. The summed E-state index contributed by atoms with van der Waals surface area (Å²) < 4.78 is 0.706. The summed E-state index contributed by atoms with van der Waals surface area (Å²) in [5, 5.41) is 12.5. The Morgan fingerprint density at radius 2 is 2.26 bits per heavy atom. The molecule has 1 aliphatic rings. The minimum absolute atomic E-state index is 0.0309. The molecule has 2 N–H and O–H groups in total. The number of hydrogen-bond donors (Lipinski definition) is 2. The number of nitrogens with one attached hydrogen (secondary N) is 1. The molecule has 0 aromatic heterocycles. The van der Waals surface area contributed by atoms with E-state index in [2.05, 4.69) is 5.32 Å². The number of carbonyl (C=O) groups is 2. The van der Waals surface area contributed by atoms with E-state index in [4.69, 9.17) is 0 Å². The molecule has 1 heterocycles. The molecule has 0 aliphatic carbocycles. The van der Waals surface area contributed by atoms with Crippen LogP contribution in [0.1, 0.15) is 23.2 Å². The number of phenols is 1. The Labute approximate surface area is 125 Å². The predicted molar refractivity (Wildman–Crippen MR) is 78.9 cm³/mol. The summed E-state index contributed by atoms with van der Waals surface area (Å²) in [6, 6.07) is 4.79. The first kappa shape index (κ1) is 14.1. The zero-order valence-electron chi connectivity index (χ0n) is 10.5. The fraction of sp³-hybridized carbons (Fsp3) is 0.385. The maximum Gasteiger partial charge on any atom is 0.251 e. The molecule has 5 nitrogen and oxygen atoms in total. The minimum Gasteiger partial charge on any atom is -0.507 e. The van der Waals surface area contributed by atoms with Gasteiger partial charge in [-0.3, -0.25) is 9.59 Å². The maximum atomic E-state index is 12.0. The number of halogens is 1. The van der Waals surface area contributed by atoms with Crippen molar-refractivity contribution < 1.29 is 14.7 Å². The van der Waals surface area contributed by atoms with Gasteiger partial charge in [-0.1, -0.05) is 0 Å². The molecule has 1 fully saturated rings. The second-order valence-electron chi connectivity index (χ2n) is 4.65. The number of rotatable bonds is 2. The number of likely N-dealkylation sites (tertiary alicyclic amines) is 1. The van der Waals surface area contributed by atoms with Gasteiger partial charge in [-0.2, -0.15) is 0 Å². The van der Waals surface area contributed by atoms with Gasteiger partial charge in [-0.05, 0) is 47.2 Å². The fourth-order valence-electron chi connectivity index (χ4n) is 2.05. The zero-order chi connectivity index (χ0) is 14.0. The molecular formula is C13H15IN2O3. The molecule has 1 aliphatic heterocycles. The summed E-state index contributed by atoms with van der Waals surface area (Å²) in [5.74, 6) is -0.0129. The summed E-state index contributed by atoms with van der Waals surface area (Å²) in [6.45, 7) is 0.529. The van der Waals surface area contributed by atoms with E-state index in [-0.39, 0.29) is 23.6 Å². The molecule has 1 saturated heterocycles. The van der Waals surface area contributed by atoms with Gasteiger partial charge in [0.25, 0.3) is 5.91 Å². The van der Waals surface area contributed by atoms with Gasteiger partial charge < -0.3 is 15.3 Å². The first-order valence-electron chi connectivity index (χ1n) is 6.00. The van der Waals surface area contributed by atoms with Gasteiger partial charge >= 0.3 is 0 Å². The largest absolute Gasteiger partial charge is 0.507 e. The highest BCUT2D eigenvalue weighted by Crippen LogP contribution is 2.20. The van der Waals surface area contributed by atoms with Crippen molar-refractivity contribution in [2.45, 2.75) is 18.9 Å². The first-order valence-corrected chi connectivity index (χ1v) is 7.08. The smallest absolute Gasteiger partial charge is 0.251 e. The summed E-state index contributed by atoms with van der Waals surface area (Å²) in [7, 11) is 1.73. The quantitative estimate of drug-likeness (QED) is 0.768. The van der Waals surface area contributed by atoms with Crippen molar-refractivity contribution in [3.63, 3.8) is 0 Å². The SMILES string of the molecule is CN1CC(NC(=O)c2ccc(I)c(O)c2)CCC1=O. The molecule has 0 saturated carbocycles. The highest BCUT2D eigenvalue weighted by molar-refractivity contribution is 14.1. The third kappa shape index (κ3) is 3.37. The number of phenolic OH excluding ortho intramolecular Hbond substituents is 1. The Morgan fingerprint density at radius 1 is 1.53 bits per heavy atom. The van der Waals surface area contributed by atoms with Gasteiger partial charge in [0, 0.05) is 31.6 Å². The molecule has 0 spiro atoms.